The summed E-state index contributed by atoms with van der Waals surface area (Å²) in [5.41, 5.74) is 0.695. The van der Waals surface area contributed by atoms with E-state index in [-0.39, 0.29) is 15.8 Å². The summed E-state index contributed by atoms with van der Waals surface area (Å²) in [7, 11) is -3.90. The first-order chi connectivity index (χ1) is 13.1. The van der Waals surface area contributed by atoms with Crippen molar-refractivity contribution in [2.24, 2.45) is 5.92 Å². The largest absolute Gasteiger partial charge is 0.355 e. The first-order valence-corrected chi connectivity index (χ1v) is 10.9. The molecule has 0 spiro atoms. The Hall–Kier alpha value is -2.12. The summed E-state index contributed by atoms with van der Waals surface area (Å²) >= 11 is 5.67. The maximum atomic E-state index is 13.3. The molecule has 5 nitrogen and oxygen atoms in total. The van der Waals surface area contributed by atoms with Crippen LogP contribution in [0.25, 0.3) is 0 Å². The van der Waals surface area contributed by atoms with Crippen molar-refractivity contribution in [3.8, 4) is 0 Å². The van der Waals surface area contributed by atoms with Gasteiger partial charge in [-0.1, -0.05) is 37.6 Å². The van der Waals surface area contributed by atoms with Crippen LogP contribution in [0.5, 0.6) is 0 Å². The molecule has 0 aromatic heterocycles. The summed E-state index contributed by atoms with van der Waals surface area (Å²) in [5.74, 6) is -0.303. The van der Waals surface area contributed by atoms with Crippen molar-refractivity contribution < 1.29 is 17.6 Å². The number of anilines is 1. The van der Waals surface area contributed by atoms with Crippen LogP contribution >= 0.6 is 11.6 Å². The van der Waals surface area contributed by atoms with E-state index in [9.17, 15) is 17.6 Å². The molecule has 2 aromatic carbocycles. The maximum Gasteiger partial charge on any atom is 0.261 e. The van der Waals surface area contributed by atoms with Gasteiger partial charge in [-0.15, -0.1) is 0 Å². The van der Waals surface area contributed by atoms with E-state index in [1.54, 1.807) is 24.3 Å². The van der Waals surface area contributed by atoms with Crippen molar-refractivity contribution in [1.82, 2.24) is 5.32 Å². The molecule has 28 heavy (non-hydrogen) atoms. The van der Waals surface area contributed by atoms with Gasteiger partial charge in [-0.25, -0.2) is 12.8 Å². The quantitative estimate of drug-likeness (QED) is 0.703. The van der Waals surface area contributed by atoms with Gasteiger partial charge in [0.25, 0.3) is 10.0 Å². The maximum absolute atomic E-state index is 13.3. The predicted octanol–water partition coefficient (Wildman–Crippen LogP) is 4.08. The van der Waals surface area contributed by atoms with Gasteiger partial charge in [-0.3, -0.25) is 9.52 Å². The number of sulfonamides is 1. The average molecular weight is 425 g/mol. The monoisotopic (exact) mass is 424 g/mol. The molecule has 8 heteroatoms. The highest BCUT2D eigenvalue weighted by atomic mass is 35.5. The van der Waals surface area contributed by atoms with Crippen molar-refractivity contribution in [3.05, 3.63) is 58.9 Å². The summed E-state index contributed by atoms with van der Waals surface area (Å²) in [5, 5.41) is 2.71. The third kappa shape index (κ3) is 4.31. The average Bonchev–Trinajstić information content (AvgIpc) is 3.44. The van der Waals surface area contributed by atoms with E-state index >= 15 is 0 Å². The molecule has 0 aliphatic heterocycles. The van der Waals surface area contributed by atoms with Gasteiger partial charge < -0.3 is 5.32 Å². The Labute approximate surface area is 169 Å². The highest BCUT2D eigenvalue weighted by molar-refractivity contribution is 7.92. The Morgan fingerprint density at radius 3 is 2.36 bits per heavy atom. The van der Waals surface area contributed by atoms with Crippen LogP contribution in [0.3, 0.4) is 0 Å². The predicted molar refractivity (Wildman–Crippen MR) is 107 cm³/mol. The topological polar surface area (TPSA) is 75.3 Å². The van der Waals surface area contributed by atoms with Crippen molar-refractivity contribution in [3.63, 3.8) is 0 Å². The molecule has 0 atom stereocenters. The van der Waals surface area contributed by atoms with Crippen LogP contribution in [0.4, 0.5) is 10.1 Å². The molecule has 1 aliphatic carbocycles. The number of carbonyl (C=O) groups excluding carboxylic acids is 1. The Morgan fingerprint density at radius 1 is 1.18 bits per heavy atom. The highest BCUT2D eigenvalue weighted by Crippen LogP contribution is 2.48. The molecular formula is C20H22ClFN2O3S. The van der Waals surface area contributed by atoms with Gasteiger partial charge in [0.05, 0.1) is 15.3 Å². The normalized spacial score (nSPS) is 15.3. The van der Waals surface area contributed by atoms with Crippen LogP contribution in [0.15, 0.2) is 47.4 Å². The molecule has 1 aliphatic rings. The fraction of sp³-hybridized carbons (Fsp3) is 0.350. The Bertz CT molecular complexity index is 987. The molecule has 150 valence electrons. The lowest BCUT2D eigenvalue weighted by Crippen LogP contribution is -2.36. The molecule has 0 unspecified atom stereocenters. The smallest absolute Gasteiger partial charge is 0.261 e. The Balaban J connectivity index is 1.74. The highest BCUT2D eigenvalue weighted by Gasteiger charge is 2.51. The first-order valence-electron chi connectivity index (χ1n) is 9.01. The van der Waals surface area contributed by atoms with Crippen molar-refractivity contribution in [1.29, 1.82) is 0 Å². The van der Waals surface area contributed by atoms with Crippen LogP contribution in [0.2, 0.25) is 5.02 Å². The molecule has 1 saturated carbocycles. The van der Waals surface area contributed by atoms with E-state index in [2.05, 4.69) is 10.0 Å². The van der Waals surface area contributed by atoms with Crippen molar-refractivity contribution >= 4 is 33.2 Å². The number of nitrogens with one attached hydrogen (secondary N) is 2. The fourth-order valence-electron chi connectivity index (χ4n) is 2.95. The van der Waals surface area contributed by atoms with Crippen LogP contribution < -0.4 is 10.0 Å². The van der Waals surface area contributed by atoms with Crippen LogP contribution in [0, 0.1) is 11.7 Å². The zero-order valence-electron chi connectivity index (χ0n) is 15.6. The Kier molecular flexibility index (Phi) is 5.68. The zero-order valence-corrected chi connectivity index (χ0v) is 17.2. The number of amides is 1. The number of halogens is 2. The van der Waals surface area contributed by atoms with E-state index in [0.717, 1.165) is 36.6 Å². The van der Waals surface area contributed by atoms with Gasteiger partial charge in [0.1, 0.15) is 5.82 Å². The van der Waals surface area contributed by atoms with E-state index in [0.29, 0.717) is 18.2 Å². The van der Waals surface area contributed by atoms with Crippen LogP contribution in [-0.2, 0) is 20.2 Å². The number of hydrogen-bond acceptors (Lipinski definition) is 3. The lowest BCUT2D eigenvalue weighted by molar-refractivity contribution is -0.123. The molecule has 0 radical (unpaired) electrons. The summed E-state index contributed by atoms with van der Waals surface area (Å²) < 4.78 is 40.6. The van der Waals surface area contributed by atoms with Crippen molar-refractivity contribution in [2.75, 3.05) is 11.3 Å². The van der Waals surface area contributed by atoms with Gasteiger partial charge in [0.2, 0.25) is 5.91 Å². The van der Waals surface area contributed by atoms with Crippen LogP contribution in [0.1, 0.15) is 32.3 Å². The molecule has 1 amide bonds. The minimum absolute atomic E-state index is 0.00971. The summed E-state index contributed by atoms with van der Waals surface area (Å²) in [6.07, 6.45) is 1.55. The van der Waals surface area contributed by atoms with Gasteiger partial charge in [-0.2, -0.15) is 0 Å². The van der Waals surface area contributed by atoms with Gasteiger partial charge >= 0.3 is 0 Å². The Morgan fingerprint density at radius 2 is 1.82 bits per heavy atom. The molecule has 3 rings (SSSR count). The minimum atomic E-state index is -3.90. The van der Waals surface area contributed by atoms with E-state index in [4.69, 9.17) is 11.6 Å². The standard InChI is InChI=1S/C20H22ClFN2O3S/c1-13(2)12-23-19(25)20(9-10-20)14-3-5-15(6-4-14)24-28(26,27)16-7-8-18(22)17(21)11-16/h3-8,11,13,24H,9-10,12H2,1-2H3,(H,23,25). The minimum Gasteiger partial charge on any atom is -0.355 e. The van der Waals surface area contributed by atoms with Gasteiger partial charge in [-0.05, 0) is 54.7 Å². The molecular weight excluding hydrogens is 403 g/mol. The third-order valence-electron chi connectivity index (χ3n) is 4.75. The number of carbonyl (C=O) groups is 1. The second-order valence-corrected chi connectivity index (χ2v) is 9.53. The molecule has 0 saturated heterocycles. The van der Waals surface area contributed by atoms with Crippen LogP contribution in [-0.4, -0.2) is 20.9 Å². The number of benzene rings is 2. The molecule has 0 heterocycles. The first kappa shape index (κ1) is 20.6. The van der Waals surface area contributed by atoms with E-state index < -0.39 is 21.3 Å². The van der Waals surface area contributed by atoms with Crippen molar-refractivity contribution in [2.45, 2.75) is 37.0 Å². The van der Waals surface area contributed by atoms with E-state index in [1.807, 2.05) is 13.8 Å². The van der Waals surface area contributed by atoms with Gasteiger partial charge in [0, 0.05) is 12.2 Å². The summed E-state index contributed by atoms with van der Waals surface area (Å²) in [6.45, 7) is 4.70. The SMILES string of the molecule is CC(C)CNC(=O)C1(c2ccc(NS(=O)(=O)c3ccc(F)c(Cl)c3)cc2)CC1. The van der Waals surface area contributed by atoms with Gasteiger partial charge in [0.15, 0.2) is 0 Å². The third-order valence-corrected chi connectivity index (χ3v) is 6.42. The summed E-state index contributed by atoms with van der Waals surface area (Å²) in [6, 6.07) is 9.98. The molecule has 0 bridgehead atoms. The number of hydrogen-bond donors (Lipinski definition) is 2. The lowest BCUT2D eigenvalue weighted by atomic mass is 9.94. The molecule has 1 fully saturated rings. The second kappa shape index (κ2) is 7.72. The fourth-order valence-corrected chi connectivity index (χ4v) is 4.28. The second-order valence-electron chi connectivity index (χ2n) is 7.44. The number of rotatable bonds is 7. The van der Waals surface area contributed by atoms with E-state index in [1.165, 1.54) is 0 Å². The zero-order chi connectivity index (χ0) is 20.5. The lowest BCUT2D eigenvalue weighted by Gasteiger charge is -2.17. The summed E-state index contributed by atoms with van der Waals surface area (Å²) in [4.78, 5) is 12.4. The molecule has 2 N–H and O–H groups in total. The molecule has 2 aromatic rings.